The molecule has 0 aliphatic rings. The summed E-state index contributed by atoms with van der Waals surface area (Å²) in [7, 11) is 3.13. The summed E-state index contributed by atoms with van der Waals surface area (Å²) in [5, 5.41) is 2.81. The molecule has 138 valence electrons. The van der Waals surface area contributed by atoms with Gasteiger partial charge in [-0.25, -0.2) is 0 Å². The minimum Gasteiger partial charge on any atom is -0.493 e. The number of hydrogen-bond acceptors (Lipinski definition) is 5. The van der Waals surface area contributed by atoms with Gasteiger partial charge in [-0.05, 0) is 29.3 Å². The highest BCUT2D eigenvalue weighted by atomic mass is 16.5. The van der Waals surface area contributed by atoms with Crippen molar-refractivity contribution in [1.29, 1.82) is 0 Å². The van der Waals surface area contributed by atoms with E-state index >= 15 is 0 Å². The highest BCUT2D eigenvalue weighted by molar-refractivity contribution is 5.83. The fourth-order valence-electron chi connectivity index (χ4n) is 2.41. The average molecular weight is 357 g/mol. The summed E-state index contributed by atoms with van der Waals surface area (Å²) in [5.41, 5.74) is 1.74. The first-order valence-electron chi connectivity index (χ1n) is 8.15. The van der Waals surface area contributed by atoms with Crippen LogP contribution in [0.25, 0.3) is 0 Å². The average Bonchev–Trinajstić information content (AvgIpc) is 2.66. The van der Waals surface area contributed by atoms with E-state index in [4.69, 9.17) is 9.47 Å². The smallest absolute Gasteiger partial charge is 0.239 e. The van der Waals surface area contributed by atoms with Crippen molar-refractivity contribution in [2.24, 2.45) is 0 Å². The Bertz CT molecular complexity index is 750. The Hall–Kier alpha value is -3.09. The molecule has 0 saturated carbocycles. The highest BCUT2D eigenvalue weighted by Gasteiger charge is 2.14. The maximum Gasteiger partial charge on any atom is 0.239 e. The Balaban J connectivity index is 1.93. The van der Waals surface area contributed by atoms with Gasteiger partial charge < -0.3 is 19.7 Å². The number of pyridine rings is 1. The lowest BCUT2D eigenvalue weighted by Gasteiger charge is -2.20. The van der Waals surface area contributed by atoms with Crippen molar-refractivity contribution < 1.29 is 19.1 Å². The van der Waals surface area contributed by atoms with E-state index in [0.717, 1.165) is 11.1 Å². The van der Waals surface area contributed by atoms with Gasteiger partial charge in [0.05, 0.1) is 20.8 Å². The topological polar surface area (TPSA) is 80.8 Å². The second kappa shape index (κ2) is 9.41. The molecule has 1 aromatic heterocycles. The predicted octanol–water partition coefficient (Wildman–Crippen LogP) is 1.76. The summed E-state index contributed by atoms with van der Waals surface area (Å²) < 4.78 is 10.4. The maximum atomic E-state index is 12.2. The first-order valence-corrected chi connectivity index (χ1v) is 8.15. The van der Waals surface area contributed by atoms with Crippen molar-refractivity contribution in [3.8, 4) is 11.5 Å². The summed E-state index contributed by atoms with van der Waals surface area (Å²) in [6.07, 6.45) is 3.34. The molecule has 1 heterocycles. The monoisotopic (exact) mass is 357 g/mol. The molecule has 0 aliphatic carbocycles. The third-order valence-electron chi connectivity index (χ3n) is 3.81. The van der Waals surface area contributed by atoms with Gasteiger partial charge in [0, 0.05) is 32.4 Å². The van der Waals surface area contributed by atoms with E-state index in [0.29, 0.717) is 24.6 Å². The van der Waals surface area contributed by atoms with Crippen molar-refractivity contribution in [2.75, 3.05) is 20.8 Å². The number of carbonyl (C=O) groups is 2. The van der Waals surface area contributed by atoms with Crippen molar-refractivity contribution in [3.63, 3.8) is 0 Å². The number of amides is 2. The molecule has 0 radical (unpaired) electrons. The minimum absolute atomic E-state index is 0.0164. The quantitative estimate of drug-likeness (QED) is 0.779. The van der Waals surface area contributed by atoms with E-state index in [1.54, 1.807) is 44.8 Å². The number of carbonyl (C=O) groups excluding carboxylic acids is 2. The van der Waals surface area contributed by atoms with Crippen LogP contribution in [0.2, 0.25) is 0 Å². The van der Waals surface area contributed by atoms with E-state index in [1.165, 1.54) is 11.8 Å². The lowest BCUT2D eigenvalue weighted by molar-refractivity contribution is -0.135. The number of methoxy groups -OCH3 is 2. The normalized spacial score (nSPS) is 10.1. The minimum atomic E-state index is -0.237. The highest BCUT2D eigenvalue weighted by Crippen LogP contribution is 2.27. The van der Waals surface area contributed by atoms with Gasteiger partial charge in [-0.2, -0.15) is 0 Å². The molecule has 0 aliphatic heterocycles. The summed E-state index contributed by atoms with van der Waals surface area (Å²) in [6.45, 7) is 2.10. The number of nitrogens with one attached hydrogen (secondary N) is 1. The molecule has 7 nitrogen and oxygen atoms in total. The van der Waals surface area contributed by atoms with Crippen LogP contribution in [0.4, 0.5) is 0 Å². The van der Waals surface area contributed by atoms with Crippen LogP contribution in [-0.4, -0.2) is 42.5 Å². The molecule has 2 amide bonds. The van der Waals surface area contributed by atoms with Gasteiger partial charge in [0.2, 0.25) is 11.8 Å². The summed E-state index contributed by atoms with van der Waals surface area (Å²) in [4.78, 5) is 29.5. The molecule has 0 saturated heterocycles. The van der Waals surface area contributed by atoms with Crippen LogP contribution in [0.1, 0.15) is 18.1 Å². The molecule has 0 unspecified atom stereocenters. The number of ether oxygens (including phenoxy) is 2. The van der Waals surface area contributed by atoms with Crippen LogP contribution < -0.4 is 14.8 Å². The van der Waals surface area contributed by atoms with Crippen molar-refractivity contribution in [2.45, 2.75) is 20.0 Å². The molecule has 7 heteroatoms. The van der Waals surface area contributed by atoms with Crippen LogP contribution in [0.15, 0.2) is 42.7 Å². The van der Waals surface area contributed by atoms with Gasteiger partial charge in [-0.3, -0.25) is 14.6 Å². The van der Waals surface area contributed by atoms with Gasteiger partial charge in [0.25, 0.3) is 0 Å². The van der Waals surface area contributed by atoms with E-state index in [1.807, 2.05) is 12.1 Å². The Labute approximate surface area is 152 Å². The standard InChI is InChI=1S/C19H23N3O4/c1-14(23)22(12-16-5-4-8-20-10-16)13-19(24)21-11-15-6-7-17(25-2)18(9-15)26-3/h4-10H,11-13H2,1-3H3,(H,21,24). The maximum absolute atomic E-state index is 12.2. The van der Waals surface area contributed by atoms with Gasteiger partial charge in [0.15, 0.2) is 11.5 Å². The third-order valence-corrected chi connectivity index (χ3v) is 3.81. The summed E-state index contributed by atoms with van der Waals surface area (Å²) in [6, 6.07) is 9.09. The first kappa shape index (κ1) is 19.2. The number of nitrogens with zero attached hydrogens (tertiary/aromatic N) is 2. The molecule has 2 rings (SSSR count). The Kier molecular flexibility index (Phi) is 6.96. The third kappa shape index (κ3) is 5.47. The van der Waals surface area contributed by atoms with Crippen LogP contribution in [0.3, 0.4) is 0 Å². The van der Waals surface area contributed by atoms with Gasteiger partial charge in [-0.15, -0.1) is 0 Å². The van der Waals surface area contributed by atoms with E-state index in [9.17, 15) is 9.59 Å². The summed E-state index contributed by atoms with van der Waals surface area (Å²) >= 11 is 0. The molecule has 2 aromatic rings. The lowest BCUT2D eigenvalue weighted by Crippen LogP contribution is -2.39. The Morgan fingerprint density at radius 1 is 1.12 bits per heavy atom. The molecule has 0 atom stereocenters. The van der Waals surface area contributed by atoms with Crippen LogP contribution >= 0.6 is 0 Å². The van der Waals surface area contributed by atoms with Crippen molar-refractivity contribution >= 4 is 11.8 Å². The zero-order valence-corrected chi connectivity index (χ0v) is 15.2. The number of rotatable bonds is 8. The van der Waals surface area contributed by atoms with Gasteiger partial charge >= 0.3 is 0 Å². The summed E-state index contributed by atoms with van der Waals surface area (Å²) in [5.74, 6) is 0.817. The molecule has 1 N–H and O–H groups in total. The van der Waals surface area contributed by atoms with E-state index in [2.05, 4.69) is 10.3 Å². The SMILES string of the molecule is COc1ccc(CNC(=O)CN(Cc2cccnc2)C(C)=O)cc1OC. The van der Waals surface area contributed by atoms with Crippen molar-refractivity contribution in [3.05, 3.63) is 53.9 Å². The second-order valence-electron chi connectivity index (χ2n) is 5.70. The lowest BCUT2D eigenvalue weighted by atomic mass is 10.2. The molecule has 0 fully saturated rings. The largest absolute Gasteiger partial charge is 0.493 e. The number of benzene rings is 1. The molecular weight excluding hydrogens is 334 g/mol. The Morgan fingerprint density at radius 3 is 2.50 bits per heavy atom. The fraction of sp³-hybridized carbons (Fsp3) is 0.316. The Morgan fingerprint density at radius 2 is 1.88 bits per heavy atom. The van der Waals surface area contributed by atoms with Crippen LogP contribution in [0, 0.1) is 0 Å². The molecular formula is C19H23N3O4. The zero-order chi connectivity index (χ0) is 18.9. The van der Waals surface area contributed by atoms with Gasteiger partial charge in [-0.1, -0.05) is 12.1 Å². The van der Waals surface area contributed by atoms with Gasteiger partial charge in [0.1, 0.15) is 0 Å². The van der Waals surface area contributed by atoms with E-state index < -0.39 is 0 Å². The molecule has 26 heavy (non-hydrogen) atoms. The first-order chi connectivity index (χ1) is 12.5. The number of hydrogen-bond donors (Lipinski definition) is 1. The van der Waals surface area contributed by atoms with Crippen molar-refractivity contribution in [1.82, 2.24) is 15.2 Å². The zero-order valence-electron chi connectivity index (χ0n) is 15.2. The molecule has 0 spiro atoms. The predicted molar refractivity (Wildman–Crippen MR) is 96.7 cm³/mol. The molecule has 1 aromatic carbocycles. The number of aromatic nitrogens is 1. The fourth-order valence-corrected chi connectivity index (χ4v) is 2.41. The second-order valence-corrected chi connectivity index (χ2v) is 5.70. The van der Waals surface area contributed by atoms with Crippen LogP contribution in [0.5, 0.6) is 11.5 Å². The van der Waals surface area contributed by atoms with Crippen LogP contribution in [-0.2, 0) is 22.7 Å². The van der Waals surface area contributed by atoms with E-state index in [-0.39, 0.29) is 18.4 Å². The molecule has 0 bridgehead atoms.